The number of carbonyl (C=O) groups excluding carboxylic acids is 2. The van der Waals surface area contributed by atoms with E-state index in [1.54, 1.807) is 17.2 Å². The molecule has 1 saturated heterocycles. The lowest BCUT2D eigenvalue weighted by Crippen LogP contribution is -2.39. The molecule has 8 nitrogen and oxygen atoms in total. The van der Waals surface area contributed by atoms with E-state index >= 15 is 0 Å². The SMILES string of the molecule is CCCc1cc(C(=O)N2CCC[C@@H](c3ncc(C(=O)NCc4ccccc4)c(C)n3)C2)no1. The molecule has 2 amide bonds. The molecule has 0 saturated carbocycles. The molecule has 172 valence electrons. The van der Waals surface area contributed by atoms with E-state index in [0.29, 0.717) is 42.4 Å². The maximum Gasteiger partial charge on any atom is 0.276 e. The molecule has 1 fully saturated rings. The Labute approximate surface area is 193 Å². The van der Waals surface area contributed by atoms with Gasteiger partial charge in [-0.25, -0.2) is 9.97 Å². The maximum atomic E-state index is 12.9. The first-order chi connectivity index (χ1) is 16.0. The van der Waals surface area contributed by atoms with Gasteiger partial charge in [-0.1, -0.05) is 42.4 Å². The molecule has 0 spiro atoms. The molecule has 0 unspecified atom stereocenters. The van der Waals surface area contributed by atoms with Gasteiger partial charge in [-0.2, -0.15) is 0 Å². The second kappa shape index (κ2) is 10.4. The highest BCUT2D eigenvalue weighted by atomic mass is 16.5. The van der Waals surface area contributed by atoms with E-state index < -0.39 is 0 Å². The molecule has 1 aliphatic heterocycles. The third-order valence-corrected chi connectivity index (χ3v) is 5.89. The van der Waals surface area contributed by atoms with Crippen LogP contribution in [0, 0.1) is 6.92 Å². The molecule has 0 aliphatic carbocycles. The molecule has 33 heavy (non-hydrogen) atoms. The quantitative estimate of drug-likeness (QED) is 0.593. The van der Waals surface area contributed by atoms with Crippen LogP contribution in [-0.4, -0.2) is 44.9 Å². The number of benzene rings is 1. The number of likely N-dealkylation sites (tertiary alicyclic amines) is 1. The van der Waals surface area contributed by atoms with Crippen molar-refractivity contribution in [2.24, 2.45) is 0 Å². The van der Waals surface area contributed by atoms with Gasteiger partial charge in [0.1, 0.15) is 11.6 Å². The molecule has 1 aromatic carbocycles. The molecule has 0 bridgehead atoms. The van der Waals surface area contributed by atoms with Gasteiger partial charge in [0.25, 0.3) is 11.8 Å². The van der Waals surface area contributed by atoms with Crippen LogP contribution in [0.1, 0.15) is 75.8 Å². The van der Waals surface area contributed by atoms with Crippen molar-refractivity contribution in [2.75, 3.05) is 13.1 Å². The molecule has 8 heteroatoms. The Bertz CT molecular complexity index is 1110. The third kappa shape index (κ3) is 5.45. The summed E-state index contributed by atoms with van der Waals surface area (Å²) in [4.78, 5) is 36.4. The van der Waals surface area contributed by atoms with E-state index in [9.17, 15) is 9.59 Å². The first-order valence-electron chi connectivity index (χ1n) is 11.5. The average Bonchev–Trinajstić information content (AvgIpc) is 3.31. The van der Waals surface area contributed by atoms with Gasteiger partial charge in [0.2, 0.25) is 0 Å². The molecule has 1 N–H and O–H groups in total. The molecule has 0 radical (unpaired) electrons. The zero-order valence-electron chi connectivity index (χ0n) is 19.1. The van der Waals surface area contributed by atoms with E-state index in [-0.39, 0.29) is 17.7 Å². The van der Waals surface area contributed by atoms with Crippen LogP contribution < -0.4 is 5.32 Å². The van der Waals surface area contributed by atoms with Gasteiger partial charge >= 0.3 is 0 Å². The van der Waals surface area contributed by atoms with Crippen LogP contribution in [0.5, 0.6) is 0 Å². The minimum absolute atomic E-state index is 0.0184. The number of aryl methyl sites for hydroxylation is 2. The minimum atomic E-state index is -0.197. The Morgan fingerprint density at radius 1 is 1.24 bits per heavy atom. The van der Waals surface area contributed by atoms with E-state index in [1.807, 2.05) is 37.3 Å². The number of amides is 2. The number of nitrogens with one attached hydrogen (secondary N) is 1. The zero-order valence-corrected chi connectivity index (χ0v) is 19.1. The summed E-state index contributed by atoms with van der Waals surface area (Å²) in [6, 6.07) is 11.5. The van der Waals surface area contributed by atoms with Crippen molar-refractivity contribution >= 4 is 11.8 Å². The Balaban J connectivity index is 1.40. The van der Waals surface area contributed by atoms with Crippen LogP contribution in [0.3, 0.4) is 0 Å². The Morgan fingerprint density at radius 3 is 2.82 bits per heavy atom. The Morgan fingerprint density at radius 2 is 2.06 bits per heavy atom. The number of hydrogen-bond donors (Lipinski definition) is 1. The van der Waals surface area contributed by atoms with Crippen molar-refractivity contribution in [3.8, 4) is 0 Å². The second-order valence-corrected chi connectivity index (χ2v) is 8.41. The fourth-order valence-corrected chi connectivity index (χ4v) is 4.09. The predicted molar refractivity (Wildman–Crippen MR) is 123 cm³/mol. The van der Waals surface area contributed by atoms with Crippen LogP contribution in [0.15, 0.2) is 47.1 Å². The van der Waals surface area contributed by atoms with Gasteiger partial charge in [0.05, 0.1) is 11.3 Å². The second-order valence-electron chi connectivity index (χ2n) is 8.41. The van der Waals surface area contributed by atoms with Crippen molar-refractivity contribution in [1.29, 1.82) is 0 Å². The van der Waals surface area contributed by atoms with Gasteiger partial charge in [-0.15, -0.1) is 0 Å². The fourth-order valence-electron chi connectivity index (χ4n) is 4.09. The summed E-state index contributed by atoms with van der Waals surface area (Å²) >= 11 is 0. The lowest BCUT2D eigenvalue weighted by molar-refractivity contribution is 0.0694. The first-order valence-corrected chi connectivity index (χ1v) is 11.5. The highest BCUT2D eigenvalue weighted by molar-refractivity contribution is 5.94. The monoisotopic (exact) mass is 447 g/mol. The molecule has 4 rings (SSSR count). The molecule has 2 aromatic heterocycles. The van der Waals surface area contributed by atoms with Gasteiger partial charge in [-0.05, 0) is 31.7 Å². The number of hydrogen-bond acceptors (Lipinski definition) is 6. The van der Waals surface area contributed by atoms with E-state index in [4.69, 9.17) is 4.52 Å². The highest BCUT2D eigenvalue weighted by Crippen LogP contribution is 2.26. The molecular formula is C25H29N5O3. The summed E-state index contributed by atoms with van der Waals surface area (Å²) in [7, 11) is 0. The lowest BCUT2D eigenvalue weighted by atomic mass is 9.96. The highest BCUT2D eigenvalue weighted by Gasteiger charge is 2.29. The van der Waals surface area contributed by atoms with Crippen LogP contribution in [0.4, 0.5) is 0 Å². The number of carbonyl (C=O) groups is 2. The number of rotatable bonds is 7. The fraction of sp³-hybridized carbons (Fsp3) is 0.400. The molecule has 3 heterocycles. The van der Waals surface area contributed by atoms with E-state index in [2.05, 4.69) is 27.4 Å². The van der Waals surface area contributed by atoms with Crippen LogP contribution in [0.2, 0.25) is 0 Å². The molecule has 1 aliphatic rings. The van der Waals surface area contributed by atoms with E-state index in [0.717, 1.165) is 37.0 Å². The summed E-state index contributed by atoms with van der Waals surface area (Å²) in [6.45, 7) is 5.51. The summed E-state index contributed by atoms with van der Waals surface area (Å²) in [5, 5.41) is 6.87. The summed E-state index contributed by atoms with van der Waals surface area (Å²) in [6.07, 6.45) is 5.04. The summed E-state index contributed by atoms with van der Waals surface area (Å²) < 4.78 is 5.27. The number of aromatic nitrogens is 3. The van der Waals surface area contributed by atoms with Crippen molar-refractivity contribution < 1.29 is 14.1 Å². The van der Waals surface area contributed by atoms with Gasteiger partial charge in [-0.3, -0.25) is 9.59 Å². The van der Waals surface area contributed by atoms with Crippen molar-refractivity contribution in [3.05, 3.63) is 76.7 Å². The Hall–Kier alpha value is -3.55. The van der Waals surface area contributed by atoms with Crippen molar-refractivity contribution in [3.63, 3.8) is 0 Å². The van der Waals surface area contributed by atoms with Gasteiger partial charge < -0.3 is 14.7 Å². The van der Waals surface area contributed by atoms with Gasteiger partial charge in [0, 0.05) is 44.2 Å². The number of piperidine rings is 1. The maximum absolute atomic E-state index is 12.9. The lowest BCUT2D eigenvalue weighted by Gasteiger charge is -2.31. The van der Waals surface area contributed by atoms with Crippen LogP contribution in [0.25, 0.3) is 0 Å². The predicted octanol–water partition coefficient (Wildman–Crippen LogP) is 3.68. The standard InChI is InChI=1S/C25H29N5O3/c1-3-8-20-13-22(29-33-20)25(32)30-12-7-11-19(16-30)23-26-15-21(17(2)28-23)24(31)27-14-18-9-5-4-6-10-18/h4-6,9-10,13,15,19H,3,7-8,11-12,14,16H2,1-2H3,(H,27,31)/t19-/m1/s1. The molecule has 3 aromatic rings. The molecule has 1 atom stereocenters. The van der Waals surface area contributed by atoms with Crippen molar-refractivity contribution in [2.45, 2.75) is 52.0 Å². The van der Waals surface area contributed by atoms with Gasteiger partial charge in [0.15, 0.2) is 5.69 Å². The molecular weight excluding hydrogens is 418 g/mol. The van der Waals surface area contributed by atoms with Crippen molar-refractivity contribution in [1.82, 2.24) is 25.3 Å². The Kier molecular flexibility index (Phi) is 7.12. The summed E-state index contributed by atoms with van der Waals surface area (Å²) in [5.74, 6) is 1.09. The average molecular weight is 448 g/mol. The number of nitrogens with zero attached hydrogens (tertiary/aromatic N) is 4. The normalized spacial score (nSPS) is 15.9. The minimum Gasteiger partial charge on any atom is -0.361 e. The largest absolute Gasteiger partial charge is 0.361 e. The smallest absolute Gasteiger partial charge is 0.276 e. The van der Waals surface area contributed by atoms with Crippen LogP contribution in [-0.2, 0) is 13.0 Å². The van der Waals surface area contributed by atoms with Crippen LogP contribution >= 0.6 is 0 Å². The van der Waals surface area contributed by atoms with E-state index in [1.165, 1.54) is 0 Å². The first kappa shape index (κ1) is 22.6. The summed E-state index contributed by atoms with van der Waals surface area (Å²) in [5.41, 5.74) is 2.47. The topological polar surface area (TPSA) is 101 Å². The zero-order chi connectivity index (χ0) is 23.2. The third-order valence-electron chi connectivity index (χ3n) is 5.89.